The van der Waals surface area contributed by atoms with Crippen molar-refractivity contribution in [3.63, 3.8) is 0 Å². The van der Waals surface area contributed by atoms with Crippen LogP contribution in [0.5, 0.6) is 0 Å². The molecule has 0 aliphatic rings. The molecule has 2 nitrogen and oxygen atoms in total. The first-order chi connectivity index (χ1) is 15.3. The van der Waals surface area contributed by atoms with E-state index in [2.05, 4.69) is 12.6 Å². The van der Waals surface area contributed by atoms with Gasteiger partial charge in [0.05, 0.1) is 0 Å². The minimum Gasteiger partial charge on any atom is -0.370 e. The maximum atomic E-state index is 10.7. The van der Waals surface area contributed by atoms with Gasteiger partial charge in [-0.3, -0.25) is 4.79 Å². The number of thiol groups is 1. The van der Waals surface area contributed by atoms with Crippen LogP contribution in [-0.4, -0.2) is 11.7 Å². The van der Waals surface area contributed by atoms with Gasteiger partial charge in [-0.05, 0) is 18.6 Å². The molecule has 186 valence electrons. The third-order valence-corrected chi connectivity index (χ3v) is 6.90. The number of carbonyl (C=O) groups excluding carboxylic acids is 1. The molecule has 0 saturated heterocycles. The van der Waals surface area contributed by atoms with Crippen molar-refractivity contribution in [3.8, 4) is 0 Å². The number of hydrogen-bond acceptors (Lipinski definition) is 2. The van der Waals surface area contributed by atoms with Gasteiger partial charge in [-0.2, -0.15) is 12.6 Å². The van der Waals surface area contributed by atoms with Crippen LogP contribution in [0.2, 0.25) is 0 Å². The van der Waals surface area contributed by atoms with Gasteiger partial charge in [-0.25, -0.2) is 0 Å². The van der Waals surface area contributed by atoms with Gasteiger partial charge in [0.2, 0.25) is 5.91 Å². The Labute approximate surface area is 201 Å². The number of nitrogens with two attached hydrogens (primary N) is 1. The van der Waals surface area contributed by atoms with Gasteiger partial charge in [0.1, 0.15) is 0 Å². The van der Waals surface area contributed by atoms with Gasteiger partial charge in [-0.1, -0.05) is 148 Å². The first kappa shape index (κ1) is 30.8. The number of amides is 1. The fourth-order valence-corrected chi connectivity index (χ4v) is 4.70. The van der Waals surface area contributed by atoms with Gasteiger partial charge in [-0.15, -0.1) is 0 Å². The summed E-state index contributed by atoms with van der Waals surface area (Å²) in [6, 6.07) is 0. The van der Waals surface area contributed by atoms with Crippen molar-refractivity contribution in [1.82, 2.24) is 0 Å². The lowest BCUT2D eigenvalue weighted by Gasteiger charge is -2.04. The van der Waals surface area contributed by atoms with Crippen LogP contribution in [0.4, 0.5) is 0 Å². The minimum absolute atomic E-state index is 0.150. The molecule has 0 unspecified atom stereocenters. The van der Waals surface area contributed by atoms with E-state index in [-0.39, 0.29) is 5.91 Å². The molecule has 0 radical (unpaired) electrons. The zero-order valence-electron chi connectivity index (χ0n) is 21.0. The molecule has 0 heterocycles. The van der Waals surface area contributed by atoms with Crippen LogP contribution in [0.25, 0.3) is 0 Å². The molecule has 0 rings (SSSR count). The van der Waals surface area contributed by atoms with Gasteiger partial charge in [0.25, 0.3) is 0 Å². The van der Waals surface area contributed by atoms with Crippen molar-refractivity contribution in [2.45, 2.75) is 167 Å². The Morgan fingerprint density at radius 1 is 0.387 bits per heavy atom. The van der Waals surface area contributed by atoms with E-state index in [9.17, 15) is 4.79 Å². The van der Waals surface area contributed by atoms with Crippen LogP contribution in [-0.2, 0) is 4.79 Å². The maximum absolute atomic E-state index is 10.7. The van der Waals surface area contributed by atoms with E-state index >= 15 is 0 Å². The molecular formula is C28H57NOS. The fourth-order valence-electron chi connectivity index (χ4n) is 4.48. The summed E-state index contributed by atoms with van der Waals surface area (Å²) in [5, 5.41) is 0. The van der Waals surface area contributed by atoms with Crippen LogP contribution in [0.3, 0.4) is 0 Å². The standard InChI is InChI=1S/C28H57NOS/c29-28(30)26-24-22-20-18-16-14-12-10-8-6-4-2-1-3-5-7-9-11-13-15-17-19-21-23-25-27-31/h31H,1-27H2,(H2,29,30). The number of rotatable bonds is 27. The average molecular weight is 456 g/mol. The van der Waals surface area contributed by atoms with Crippen molar-refractivity contribution in [1.29, 1.82) is 0 Å². The smallest absolute Gasteiger partial charge is 0.217 e. The maximum Gasteiger partial charge on any atom is 0.217 e. The normalized spacial score (nSPS) is 11.3. The van der Waals surface area contributed by atoms with Gasteiger partial charge < -0.3 is 5.73 Å². The molecule has 0 aliphatic heterocycles. The quantitative estimate of drug-likeness (QED) is 0.0939. The zero-order valence-corrected chi connectivity index (χ0v) is 21.9. The molecule has 0 aliphatic carbocycles. The molecule has 0 bridgehead atoms. The van der Waals surface area contributed by atoms with Crippen LogP contribution in [0.15, 0.2) is 0 Å². The van der Waals surface area contributed by atoms with Crippen LogP contribution >= 0.6 is 12.6 Å². The summed E-state index contributed by atoms with van der Waals surface area (Å²) in [5.41, 5.74) is 5.15. The van der Waals surface area contributed by atoms with Crippen LogP contribution in [0, 0.1) is 0 Å². The Balaban J connectivity index is 3.00. The van der Waals surface area contributed by atoms with Gasteiger partial charge in [0, 0.05) is 6.42 Å². The first-order valence-electron chi connectivity index (χ1n) is 14.2. The predicted octanol–water partition coefficient (Wildman–Crippen LogP) is 9.54. The summed E-state index contributed by atoms with van der Waals surface area (Å²) in [6.45, 7) is 0. The molecule has 2 N–H and O–H groups in total. The van der Waals surface area contributed by atoms with E-state index in [1.54, 1.807) is 0 Å². The number of hydrogen-bond donors (Lipinski definition) is 2. The highest BCUT2D eigenvalue weighted by Gasteiger charge is 1.97. The van der Waals surface area contributed by atoms with E-state index < -0.39 is 0 Å². The Bertz CT molecular complexity index is 348. The van der Waals surface area contributed by atoms with Crippen LogP contribution < -0.4 is 5.73 Å². The summed E-state index contributed by atoms with van der Waals surface area (Å²) in [6.07, 6.45) is 35.4. The highest BCUT2D eigenvalue weighted by molar-refractivity contribution is 7.80. The van der Waals surface area contributed by atoms with E-state index in [4.69, 9.17) is 5.73 Å². The number of carbonyl (C=O) groups is 1. The van der Waals surface area contributed by atoms with Gasteiger partial charge in [0.15, 0.2) is 0 Å². The van der Waals surface area contributed by atoms with Crippen molar-refractivity contribution < 1.29 is 4.79 Å². The molecule has 0 atom stereocenters. The molecule has 0 aromatic carbocycles. The highest BCUT2D eigenvalue weighted by Crippen LogP contribution is 2.15. The highest BCUT2D eigenvalue weighted by atomic mass is 32.1. The monoisotopic (exact) mass is 455 g/mol. The molecule has 3 heteroatoms. The third kappa shape index (κ3) is 29.8. The molecule has 0 aromatic heterocycles. The lowest BCUT2D eigenvalue weighted by Crippen LogP contribution is -2.09. The molecule has 0 spiro atoms. The second-order valence-corrected chi connectivity index (χ2v) is 10.2. The molecule has 0 saturated carbocycles. The Morgan fingerprint density at radius 3 is 0.774 bits per heavy atom. The Kier molecular flexibility index (Phi) is 27.7. The topological polar surface area (TPSA) is 43.1 Å². The lowest BCUT2D eigenvalue weighted by molar-refractivity contribution is -0.118. The second-order valence-electron chi connectivity index (χ2n) is 9.78. The Hall–Kier alpha value is -0.180. The first-order valence-corrected chi connectivity index (χ1v) is 14.8. The molecule has 0 aromatic rings. The van der Waals surface area contributed by atoms with Crippen molar-refractivity contribution in [2.24, 2.45) is 5.73 Å². The summed E-state index contributed by atoms with van der Waals surface area (Å²) in [4.78, 5) is 10.7. The number of unbranched alkanes of at least 4 members (excludes halogenated alkanes) is 24. The average Bonchev–Trinajstić information content (AvgIpc) is 2.76. The Morgan fingerprint density at radius 2 is 0.581 bits per heavy atom. The second kappa shape index (κ2) is 27.9. The molecule has 1 amide bonds. The van der Waals surface area contributed by atoms with Crippen molar-refractivity contribution in [2.75, 3.05) is 5.75 Å². The van der Waals surface area contributed by atoms with Crippen molar-refractivity contribution >= 4 is 18.5 Å². The lowest BCUT2D eigenvalue weighted by atomic mass is 10.0. The van der Waals surface area contributed by atoms with Crippen LogP contribution in [0.1, 0.15) is 167 Å². The van der Waals surface area contributed by atoms with E-state index in [1.807, 2.05) is 0 Å². The third-order valence-electron chi connectivity index (χ3n) is 6.58. The summed E-state index contributed by atoms with van der Waals surface area (Å²) in [5.74, 6) is 0.910. The van der Waals surface area contributed by atoms with E-state index in [0.717, 1.165) is 12.2 Å². The van der Waals surface area contributed by atoms with E-state index in [0.29, 0.717) is 6.42 Å². The largest absolute Gasteiger partial charge is 0.370 e. The van der Waals surface area contributed by atoms with E-state index in [1.165, 1.54) is 154 Å². The molecule has 31 heavy (non-hydrogen) atoms. The number of primary amides is 1. The molecule has 0 fully saturated rings. The summed E-state index contributed by atoms with van der Waals surface area (Å²) >= 11 is 4.27. The van der Waals surface area contributed by atoms with Gasteiger partial charge >= 0.3 is 0 Å². The predicted molar refractivity (Wildman–Crippen MR) is 143 cm³/mol. The summed E-state index contributed by atoms with van der Waals surface area (Å²) in [7, 11) is 0. The minimum atomic E-state index is -0.150. The SMILES string of the molecule is NC(=O)CCCCCCCCCCCCCCCCCCCCCCCCCCCS. The van der Waals surface area contributed by atoms with Crippen molar-refractivity contribution in [3.05, 3.63) is 0 Å². The molecular weight excluding hydrogens is 398 g/mol. The zero-order chi connectivity index (χ0) is 22.7. The summed E-state index contributed by atoms with van der Waals surface area (Å²) < 4.78 is 0. The fraction of sp³-hybridized carbons (Fsp3) is 0.964.